The number of methoxy groups -OCH3 is 2. The van der Waals surface area contributed by atoms with Crippen LogP contribution >= 0.6 is 0 Å². The Morgan fingerprint density at radius 3 is 2.23 bits per heavy atom. The standard InChI is InChI=1S/C40H47N5O9.CH2O2/c1-42(2)21-31-33(52-4)18-24(19-34(31)53-5)29-22-43(3)38(49)30-23-44(16-15-26(29)30)36(47)10-8-6-7-9-17-54-25-11-12-27-28(20-25)40(51)45(39(27)50)32-13-14-35(46)41-37(32)48;2-1-3/h11-12,18-20,22,32H,6-10,13-17,21,23H2,1-5H3,(H,41,46,48);1H,(H,2,3). The molecule has 57 heavy (non-hydrogen) atoms. The maximum Gasteiger partial charge on any atom is 0.290 e. The van der Waals surface area contributed by atoms with E-state index in [9.17, 15) is 28.8 Å². The second-order valence-electron chi connectivity index (χ2n) is 14.4. The summed E-state index contributed by atoms with van der Waals surface area (Å²) in [5.41, 5.74) is 4.58. The van der Waals surface area contributed by atoms with Crippen molar-refractivity contribution < 1.29 is 48.1 Å². The topological polar surface area (TPSA) is 194 Å². The van der Waals surface area contributed by atoms with E-state index in [-0.39, 0.29) is 48.5 Å². The monoisotopic (exact) mass is 787 g/mol. The molecule has 0 radical (unpaired) electrons. The zero-order chi connectivity index (χ0) is 41.4. The van der Waals surface area contributed by atoms with Crippen LogP contribution in [-0.2, 0) is 45.7 Å². The lowest BCUT2D eigenvalue weighted by Gasteiger charge is -2.30. The number of nitrogens with zero attached hydrogens (tertiary/aromatic N) is 4. The van der Waals surface area contributed by atoms with E-state index in [1.54, 1.807) is 36.8 Å². The molecule has 1 saturated heterocycles. The maximum absolute atomic E-state index is 13.3. The first kappa shape index (κ1) is 42.1. The summed E-state index contributed by atoms with van der Waals surface area (Å²) < 4.78 is 19.0. The van der Waals surface area contributed by atoms with Crippen LogP contribution in [-0.4, -0.2) is 108 Å². The number of imide groups is 2. The number of aromatic nitrogens is 1. The van der Waals surface area contributed by atoms with Gasteiger partial charge in [0.05, 0.1) is 44.1 Å². The molecule has 16 heteroatoms. The van der Waals surface area contributed by atoms with Crippen LogP contribution < -0.4 is 25.1 Å². The number of unbranched alkanes of at least 4 members (excludes halogenated alkanes) is 3. The number of fused-ring (bicyclic) bond motifs is 2. The molecule has 1 atom stereocenters. The summed E-state index contributed by atoms with van der Waals surface area (Å²) >= 11 is 0. The van der Waals surface area contributed by atoms with Crippen LogP contribution in [0, 0.1) is 0 Å². The number of amides is 5. The third-order valence-corrected chi connectivity index (χ3v) is 10.3. The van der Waals surface area contributed by atoms with Crippen molar-refractivity contribution in [1.82, 2.24) is 24.6 Å². The molecule has 0 aliphatic carbocycles. The molecule has 6 rings (SSSR count). The average molecular weight is 788 g/mol. The number of hydrogen-bond donors (Lipinski definition) is 2. The second kappa shape index (κ2) is 18.7. The first-order valence-corrected chi connectivity index (χ1v) is 18.8. The fraction of sp³-hybridized carbons (Fsp3) is 0.439. The highest BCUT2D eigenvalue weighted by Gasteiger charge is 2.44. The zero-order valence-electron chi connectivity index (χ0n) is 32.9. The first-order chi connectivity index (χ1) is 27.3. The highest BCUT2D eigenvalue weighted by Crippen LogP contribution is 2.38. The number of hydrogen-bond acceptors (Lipinski definition) is 11. The van der Waals surface area contributed by atoms with Gasteiger partial charge < -0.3 is 33.7 Å². The Morgan fingerprint density at radius 1 is 0.912 bits per heavy atom. The van der Waals surface area contributed by atoms with Crippen LogP contribution in [0.15, 0.2) is 41.3 Å². The summed E-state index contributed by atoms with van der Waals surface area (Å²) in [7, 11) is 8.97. The summed E-state index contributed by atoms with van der Waals surface area (Å²) in [5.74, 6) is -0.345. The molecular formula is C41H49N5O11. The number of carbonyl (C=O) groups is 6. The molecule has 2 aromatic carbocycles. The number of carboxylic acid groups (broad SMARTS) is 1. The molecule has 1 unspecified atom stereocenters. The van der Waals surface area contributed by atoms with Gasteiger partial charge in [-0.2, -0.15) is 0 Å². The van der Waals surface area contributed by atoms with Gasteiger partial charge in [-0.3, -0.25) is 43.8 Å². The molecular weight excluding hydrogens is 738 g/mol. The molecule has 5 amide bonds. The van der Waals surface area contributed by atoms with E-state index in [1.165, 1.54) is 12.1 Å². The molecule has 3 aromatic rings. The minimum Gasteiger partial charge on any atom is -0.496 e. The molecule has 4 heterocycles. The zero-order valence-corrected chi connectivity index (χ0v) is 32.9. The number of rotatable bonds is 14. The van der Waals surface area contributed by atoms with Crippen molar-refractivity contribution in [3.8, 4) is 28.4 Å². The van der Waals surface area contributed by atoms with E-state index in [2.05, 4.69) is 5.32 Å². The van der Waals surface area contributed by atoms with Crippen molar-refractivity contribution in [1.29, 1.82) is 0 Å². The van der Waals surface area contributed by atoms with E-state index in [0.717, 1.165) is 46.4 Å². The van der Waals surface area contributed by atoms with Gasteiger partial charge >= 0.3 is 0 Å². The van der Waals surface area contributed by atoms with Gasteiger partial charge in [0.15, 0.2) is 0 Å². The van der Waals surface area contributed by atoms with Gasteiger partial charge in [-0.1, -0.05) is 12.8 Å². The highest BCUT2D eigenvalue weighted by molar-refractivity contribution is 6.23. The van der Waals surface area contributed by atoms with Crippen LogP contribution in [0.3, 0.4) is 0 Å². The molecule has 304 valence electrons. The summed E-state index contributed by atoms with van der Waals surface area (Å²) in [6.07, 6.45) is 6.01. The molecule has 1 fully saturated rings. The predicted octanol–water partition coefficient (Wildman–Crippen LogP) is 3.15. The van der Waals surface area contributed by atoms with Gasteiger partial charge in [0.25, 0.3) is 23.8 Å². The molecule has 0 saturated carbocycles. The molecule has 3 aliphatic rings. The Kier molecular flexibility index (Phi) is 13.8. The van der Waals surface area contributed by atoms with Gasteiger partial charge in [-0.15, -0.1) is 0 Å². The molecule has 3 aliphatic heterocycles. The lowest BCUT2D eigenvalue weighted by Crippen LogP contribution is -2.54. The first-order valence-electron chi connectivity index (χ1n) is 18.8. The summed E-state index contributed by atoms with van der Waals surface area (Å²) in [6, 6.07) is 7.61. The quantitative estimate of drug-likeness (QED) is 0.138. The fourth-order valence-electron chi connectivity index (χ4n) is 7.49. The third-order valence-electron chi connectivity index (χ3n) is 10.3. The van der Waals surface area contributed by atoms with E-state index in [1.807, 2.05) is 37.3 Å². The number of benzene rings is 2. The number of ether oxygens (including phenoxy) is 3. The fourth-order valence-corrected chi connectivity index (χ4v) is 7.49. The Morgan fingerprint density at radius 2 is 1.58 bits per heavy atom. The Bertz CT molecular complexity index is 2090. The largest absolute Gasteiger partial charge is 0.496 e. The molecule has 2 N–H and O–H groups in total. The summed E-state index contributed by atoms with van der Waals surface area (Å²) in [6.45, 7) is 1.56. The van der Waals surface area contributed by atoms with Crippen molar-refractivity contribution in [2.75, 3.05) is 41.5 Å². The van der Waals surface area contributed by atoms with Crippen molar-refractivity contribution in [3.05, 3.63) is 74.7 Å². The number of aryl methyl sites for hydroxylation is 1. The van der Waals surface area contributed by atoms with E-state index in [4.69, 9.17) is 24.1 Å². The Labute approximate surface area is 330 Å². The molecule has 0 bridgehead atoms. The van der Waals surface area contributed by atoms with Crippen LogP contribution in [0.25, 0.3) is 11.1 Å². The van der Waals surface area contributed by atoms with Crippen LogP contribution in [0.4, 0.5) is 0 Å². The van der Waals surface area contributed by atoms with Crippen molar-refractivity contribution in [2.24, 2.45) is 7.05 Å². The van der Waals surface area contributed by atoms with Gasteiger partial charge in [0, 0.05) is 50.3 Å². The molecule has 16 nitrogen and oxygen atoms in total. The summed E-state index contributed by atoms with van der Waals surface area (Å²) in [4.78, 5) is 89.6. The number of carbonyl (C=O) groups excluding carboxylic acids is 5. The van der Waals surface area contributed by atoms with Crippen LogP contribution in [0.2, 0.25) is 0 Å². The van der Waals surface area contributed by atoms with E-state index < -0.39 is 29.7 Å². The number of pyridine rings is 1. The molecule has 1 aromatic heterocycles. The average Bonchev–Trinajstić information content (AvgIpc) is 3.43. The van der Waals surface area contributed by atoms with Gasteiger partial charge in [0.1, 0.15) is 23.3 Å². The predicted molar refractivity (Wildman–Crippen MR) is 207 cm³/mol. The van der Waals surface area contributed by atoms with E-state index in [0.29, 0.717) is 61.8 Å². The van der Waals surface area contributed by atoms with Gasteiger partial charge in [-0.05, 0) is 81.2 Å². The maximum atomic E-state index is 13.3. The lowest BCUT2D eigenvalue weighted by molar-refractivity contribution is -0.136. The van der Waals surface area contributed by atoms with Crippen molar-refractivity contribution in [2.45, 2.75) is 70.5 Å². The number of piperidine rings is 1. The Balaban J connectivity index is 0.00000200. The van der Waals surface area contributed by atoms with Gasteiger partial charge in [-0.25, -0.2) is 0 Å². The van der Waals surface area contributed by atoms with Crippen molar-refractivity contribution in [3.63, 3.8) is 0 Å². The van der Waals surface area contributed by atoms with E-state index >= 15 is 0 Å². The third kappa shape index (κ3) is 9.34. The SMILES string of the molecule is COc1cc(-c2cn(C)c(=O)c3c2CCN(C(=O)CCCCCCOc2ccc4c(c2)C(=O)N(C2CCC(=O)NC2=O)C4=O)C3)cc(OC)c1CN(C)C.O=CO. The normalized spacial score (nSPS) is 16.1. The Hall–Kier alpha value is -6.03. The minimum atomic E-state index is -1.02. The molecule has 0 spiro atoms. The van der Waals surface area contributed by atoms with Crippen molar-refractivity contribution >= 4 is 36.0 Å². The highest BCUT2D eigenvalue weighted by atomic mass is 16.5. The van der Waals surface area contributed by atoms with Crippen LogP contribution in [0.1, 0.15) is 82.4 Å². The van der Waals surface area contributed by atoms with Gasteiger partial charge in [0.2, 0.25) is 17.7 Å². The summed E-state index contributed by atoms with van der Waals surface area (Å²) in [5, 5.41) is 9.08. The number of nitrogens with one attached hydrogen (secondary N) is 1. The van der Waals surface area contributed by atoms with Crippen LogP contribution in [0.5, 0.6) is 17.2 Å². The lowest BCUT2D eigenvalue weighted by atomic mass is 9.91. The second-order valence-corrected chi connectivity index (χ2v) is 14.4. The smallest absolute Gasteiger partial charge is 0.290 e. The minimum absolute atomic E-state index is 0.0180.